The van der Waals surface area contributed by atoms with Crippen molar-refractivity contribution in [1.82, 2.24) is 0 Å². The molecule has 0 fully saturated rings. The summed E-state index contributed by atoms with van der Waals surface area (Å²) in [6.07, 6.45) is 1.56. The lowest BCUT2D eigenvalue weighted by atomic mass is 9.83. The fourth-order valence-electron chi connectivity index (χ4n) is 1.36. The summed E-state index contributed by atoms with van der Waals surface area (Å²) >= 11 is 0. The van der Waals surface area contributed by atoms with E-state index in [1.807, 2.05) is 6.07 Å². The SMILES string of the molecule is CC(C)(O)C(C)(C)O[B]C(CC=N)=Nc1ccc(C#N)cc1. The summed E-state index contributed by atoms with van der Waals surface area (Å²) < 4.78 is 5.66. The highest BCUT2D eigenvalue weighted by molar-refractivity contribution is 6.71. The molecule has 0 heterocycles. The van der Waals surface area contributed by atoms with Gasteiger partial charge in [0, 0.05) is 18.2 Å². The Morgan fingerprint density at radius 2 is 1.95 bits per heavy atom. The quantitative estimate of drug-likeness (QED) is 0.599. The third kappa shape index (κ3) is 5.10. The average molecular weight is 298 g/mol. The van der Waals surface area contributed by atoms with Crippen molar-refractivity contribution in [3.8, 4) is 6.07 Å². The molecule has 2 N–H and O–H groups in total. The molecule has 0 bridgehead atoms. The van der Waals surface area contributed by atoms with Crippen molar-refractivity contribution in [3.63, 3.8) is 0 Å². The van der Waals surface area contributed by atoms with Crippen LogP contribution in [0, 0.1) is 16.7 Å². The molecular weight excluding hydrogens is 277 g/mol. The van der Waals surface area contributed by atoms with Crippen LogP contribution in [0.2, 0.25) is 0 Å². The third-order valence-corrected chi connectivity index (χ3v) is 3.54. The minimum Gasteiger partial charge on any atom is -0.425 e. The standard InChI is InChI=1S/C16H21BN3O2/c1-15(2,21)16(3,4)22-17-14(9-10-18)20-13-7-5-12(11-19)6-8-13/h5-8,10,18,21H,9H2,1-4H3. The van der Waals surface area contributed by atoms with Crippen molar-refractivity contribution < 1.29 is 9.76 Å². The second-order valence-corrected chi connectivity index (χ2v) is 5.98. The molecule has 5 nitrogen and oxygen atoms in total. The topological polar surface area (TPSA) is 89.5 Å². The van der Waals surface area contributed by atoms with E-state index < -0.39 is 11.2 Å². The normalized spacial score (nSPS) is 12.6. The number of nitriles is 1. The molecule has 0 aliphatic heterocycles. The Morgan fingerprint density at radius 3 is 2.41 bits per heavy atom. The van der Waals surface area contributed by atoms with Gasteiger partial charge in [0.15, 0.2) is 0 Å². The fourth-order valence-corrected chi connectivity index (χ4v) is 1.36. The van der Waals surface area contributed by atoms with Gasteiger partial charge in [-0.2, -0.15) is 5.26 Å². The van der Waals surface area contributed by atoms with E-state index in [4.69, 9.17) is 15.3 Å². The van der Waals surface area contributed by atoms with E-state index in [2.05, 4.69) is 4.99 Å². The first-order chi connectivity index (χ1) is 10.2. The Morgan fingerprint density at radius 1 is 1.36 bits per heavy atom. The number of hydrogen-bond acceptors (Lipinski definition) is 5. The van der Waals surface area contributed by atoms with Gasteiger partial charge in [-0.05, 0) is 52.0 Å². The molecule has 0 aromatic heterocycles. The van der Waals surface area contributed by atoms with E-state index in [0.717, 1.165) is 0 Å². The van der Waals surface area contributed by atoms with Gasteiger partial charge in [-0.15, -0.1) is 0 Å². The van der Waals surface area contributed by atoms with Crippen LogP contribution in [0.15, 0.2) is 29.3 Å². The van der Waals surface area contributed by atoms with E-state index in [9.17, 15) is 5.11 Å². The van der Waals surface area contributed by atoms with Gasteiger partial charge < -0.3 is 15.2 Å². The monoisotopic (exact) mass is 298 g/mol. The molecule has 22 heavy (non-hydrogen) atoms. The number of rotatable bonds is 7. The molecule has 0 aliphatic rings. The average Bonchev–Trinajstić information content (AvgIpc) is 2.44. The third-order valence-electron chi connectivity index (χ3n) is 3.54. The second-order valence-electron chi connectivity index (χ2n) is 5.98. The first-order valence-corrected chi connectivity index (χ1v) is 6.99. The van der Waals surface area contributed by atoms with Crippen molar-refractivity contribution in [1.29, 1.82) is 10.7 Å². The first-order valence-electron chi connectivity index (χ1n) is 6.99. The van der Waals surface area contributed by atoms with Crippen LogP contribution in [0.3, 0.4) is 0 Å². The van der Waals surface area contributed by atoms with Gasteiger partial charge in [-0.25, -0.2) is 0 Å². The van der Waals surface area contributed by atoms with Gasteiger partial charge in [0.2, 0.25) is 0 Å². The molecule has 0 saturated heterocycles. The smallest absolute Gasteiger partial charge is 0.346 e. The zero-order valence-electron chi connectivity index (χ0n) is 13.4. The maximum absolute atomic E-state index is 10.1. The van der Waals surface area contributed by atoms with Crippen LogP contribution in [0.25, 0.3) is 0 Å². The highest BCUT2D eigenvalue weighted by Gasteiger charge is 2.36. The summed E-state index contributed by atoms with van der Waals surface area (Å²) in [7, 11) is 1.47. The van der Waals surface area contributed by atoms with Crippen LogP contribution in [0.4, 0.5) is 5.69 Å². The largest absolute Gasteiger partial charge is 0.425 e. The summed E-state index contributed by atoms with van der Waals surface area (Å²) in [6.45, 7) is 6.92. The highest BCUT2D eigenvalue weighted by atomic mass is 16.5. The Hall–Kier alpha value is -1.97. The Balaban J connectivity index is 2.87. The molecule has 0 amide bonds. The Kier molecular flexibility index (Phi) is 6.04. The molecule has 0 saturated carbocycles. The summed E-state index contributed by atoms with van der Waals surface area (Å²) in [5.41, 5.74) is -0.00137. The van der Waals surface area contributed by atoms with Crippen LogP contribution >= 0.6 is 0 Å². The molecule has 0 atom stereocenters. The van der Waals surface area contributed by atoms with Gasteiger partial charge in [-0.3, -0.25) is 4.99 Å². The number of hydrogen-bond donors (Lipinski definition) is 2. The van der Waals surface area contributed by atoms with Crippen molar-refractivity contribution in [3.05, 3.63) is 29.8 Å². The number of nitrogens with one attached hydrogen (secondary N) is 1. The van der Waals surface area contributed by atoms with Crippen molar-refractivity contribution in [2.24, 2.45) is 4.99 Å². The summed E-state index contributed by atoms with van der Waals surface area (Å²) in [6, 6.07) is 8.88. The van der Waals surface area contributed by atoms with Gasteiger partial charge >= 0.3 is 7.48 Å². The van der Waals surface area contributed by atoms with Crippen molar-refractivity contribution >= 4 is 25.0 Å². The highest BCUT2D eigenvalue weighted by Crippen LogP contribution is 2.24. The minimum absolute atomic E-state index is 0.321. The summed E-state index contributed by atoms with van der Waals surface area (Å²) in [5.74, 6) is 0. The van der Waals surface area contributed by atoms with E-state index >= 15 is 0 Å². The maximum Gasteiger partial charge on any atom is 0.346 e. The second kappa shape index (κ2) is 7.34. The Bertz CT molecular complexity index is 581. The molecule has 1 rings (SSSR count). The first kappa shape index (κ1) is 18.1. The van der Waals surface area contributed by atoms with Gasteiger partial charge in [0.05, 0.1) is 28.5 Å². The number of nitrogens with zero attached hydrogens (tertiary/aromatic N) is 2. The summed E-state index contributed by atoms with van der Waals surface area (Å²) in [4.78, 5) is 4.40. The zero-order valence-corrected chi connectivity index (χ0v) is 13.4. The zero-order chi connectivity index (χ0) is 16.8. The molecule has 1 aromatic rings. The van der Waals surface area contributed by atoms with E-state index in [1.54, 1.807) is 52.0 Å². The lowest BCUT2D eigenvalue weighted by molar-refractivity contribution is -0.0890. The van der Waals surface area contributed by atoms with Crippen LogP contribution in [-0.4, -0.2) is 35.6 Å². The van der Waals surface area contributed by atoms with Crippen molar-refractivity contribution in [2.75, 3.05) is 0 Å². The van der Waals surface area contributed by atoms with Gasteiger partial charge in [0.25, 0.3) is 0 Å². The lowest BCUT2D eigenvalue weighted by Gasteiger charge is -2.37. The van der Waals surface area contributed by atoms with Crippen LogP contribution in [-0.2, 0) is 4.65 Å². The molecule has 1 aromatic carbocycles. The Labute approximate surface area is 132 Å². The molecule has 0 unspecified atom stereocenters. The number of benzene rings is 1. The van der Waals surface area contributed by atoms with Crippen LogP contribution in [0.1, 0.15) is 39.7 Å². The molecule has 115 valence electrons. The summed E-state index contributed by atoms with van der Waals surface area (Å²) in [5, 5.41) is 26.1. The fraction of sp³-hybridized carbons (Fsp3) is 0.438. The molecule has 6 heteroatoms. The number of aliphatic imine (C=N–C) groups is 1. The van der Waals surface area contributed by atoms with Crippen LogP contribution in [0.5, 0.6) is 0 Å². The number of aliphatic hydroxyl groups is 1. The minimum atomic E-state index is -1.02. The van der Waals surface area contributed by atoms with E-state index in [-0.39, 0.29) is 0 Å². The maximum atomic E-state index is 10.1. The predicted molar refractivity (Wildman–Crippen MR) is 88.9 cm³/mol. The van der Waals surface area contributed by atoms with Crippen LogP contribution < -0.4 is 0 Å². The van der Waals surface area contributed by atoms with Crippen molar-refractivity contribution in [2.45, 2.75) is 45.3 Å². The molecule has 0 aliphatic carbocycles. The van der Waals surface area contributed by atoms with Gasteiger partial charge in [-0.1, -0.05) is 0 Å². The predicted octanol–water partition coefficient (Wildman–Crippen LogP) is 2.81. The molecule has 1 radical (unpaired) electrons. The molecule has 0 spiro atoms. The van der Waals surface area contributed by atoms with E-state index in [0.29, 0.717) is 23.3 Å². The lowest BCUT2D eigenvalue weighted by Crippen LogP contribution is -2.48. The van der Waals surface area contributed by atoms with E-state index in [1.165, 1.54) is 13.7 Å². The van der Waals surface area contributed by atoms with Gasteiger partial charge in [0.1, 0.15) is 0 Å². The molecular formula is C16H21BN3O2.